The highest BCUT2D eigenvalue weighted by Gasteiger charge is 2.49. The van der Waals surface area contributed by atoms with E-state index in [0.717, 1.165) is 11.3 Å². The van der Waals surface area contributed by atoms with Gasteiger partial charge in [0.1, 0.15) is 5.78 Å². The molecule has 7 nitrogen and oxygen atoms in total. The highest BCUT2D eigenvalue weighted by atomic mass is 16.6. The van der Waals surface area contributed by atoms with Crippen molar-refractivity contribution in [2.24, 2.45) is 5.92 Å². The number of hydrogen-bond acceptors (Lipinski definition) is 6. The van der Waals surface area contributed by atoms with E-state index in [0.29, 0.717) is 16.8 Å². The van der Waals surface area contributed by atoms with Crippen LogP contribution in [0.3, 0.4) is 0 Å². The van der Waals surface area contributed by atoms with Gasteiger partial charge in [-0.15, -0.1) is 0 Å². The predicted molar refractivity (Wildman–Crippen MR) is 118 cm³/mol. The van der Waals surface area contributed by atoms with Crippen molar-refractivity contribution >= 4 is 22.9 Å². The van der Waals surface area contributed by atoms with Crippen molar-refractivity contribution < 1.29 is 19.6 Å². The molecule has 1 aliphatic rings. The van der Waals surface area contributed by atoms with E-state index in [1.165, 1.54) is 26.0 Å². The summed E-state index contributed by atoms with van der Waals surface area (Å²) in [5.41, 5.74) is 1.87. The molecule has 0 unspecified atom stereocenters. The zero-order valence-corrected chi connectivity index (χ0v) is 18.0. The number of carbonyl (C=O) groups is 2. The molecule has 0 saturated carbocycles. The lowest BCUT2D eigenvalue weighted by atomic mass is 9.64. The Morgan fingerprint density at radius 2 is 1.68 bits per heavy atom. The number of aryl methyl sites for hydroxylation is 1. The second-order valence-electron chi connectivity index (χ2n) is 8.39. The maximum absolute atomic E-state index is 12.8. The maximum Gasteiger partial charge on any atom is 0.269 e. The molecule has 0 bridgehead atoms. The van der Waals surface area contributed by atoms with Crippen LogP contribution in [0, 0.1) is 23.0 Å². The van der Waals surface area contributed by atoms with Gasteiger partial charge in [-0.25, -0.2) is 0 Å². The fraction of sp³-hybridized carbons (Fsp3) is 0.333. The molecule has 0 saturated heterocycles. The van der Waals surface area contributed by atoms with Crippen LogP contribution in [0.25, 0.3) is 0 Å². The zero-order chi connectivity index (χ0) is 22.9. The number of non-ortho nitro benzene ring substituents is 1. The number of carbonyl (C=O) groups excluding carboxylic acids is 2. The number of ketones is 2. The van der Waals surface area contributed by atoms with Crippen molar-refractivity contribution in [1.82, 2.24) is 0 Å². The summed E-state index contributed by atoms with van der Waals surface area (Å²) in [6.07, 6.45) is 0.101. The first-order valence-corrected chi connectivity index (χ1v) is 10.1. The standard InChI is InChI=1S/C24H26N2O5/c1-14-5-9-18(10-6-14)25-20-13-24(4,29)23(16(3)28)22(21(20)15(2)27)17-7-11-19(12-8-17)26(30)31/h5-12,22-23,25,29H,13H2,1-4H3/t22-,23+,24+/m1/s1. The topological polar surface area (TPSA) is 110 Å². The number of nitrogens with one attached hydrogen (secondary N) is 1. The van der Waals surface area contributed by atoms with Gasteiger partial charge < -0.3 is 10.4 Å². The van der Waals surface area contributed by atoms with Crippen LogP contribution in [0.1, 0.15) is 44.2 Å². The second-order valence-corrected chi connectivity index (χ2v) is 8.39. The molecule has 162 valence electrons. The Kier molecular flexibility index (Phi) is 6.08. The molecule has 3 atom stereocenters. The van der Waals surface area contributed by atoms with E-state index < -0.39 is 22.4 Å². The van der Waals surface area contributed by atoms with Crippen LogP contribution in [0.4, 0.5) is 11.4 Å². The molecule has 0 aromatic heterocycles. The smallest absolute Gasteiger partial charge is 0.269 e. The normalized spacial score (nSPS) is 23.4. The SMILES string of the molecule is CC(=O)C1=C(Nc2ccc(C)cc2)C[C@](C)(O)[C@@H](C(C)=O)[C@@H]1c1ccc([N+](=O)[O-])cc1. The van der Waals surface area contributed by atoms with Crippen molar-refractivity contribution in [3.63, 3.8) is 0 Å². The van der Waals surface area contributed by atoms with E-state index in [1.807, 2.05) is 31.2 Å². The molecule has 0 aliphatic heterocycles. The molecule has 31 heavy (non-hydrogen) atoms. The number of benzene rings is 2. The van der Waals surface area contributed by atoms with Gasteiger partial charge in [-0.3, -0.25) is 19.7 Å². The number of hydrogen-bond donors (Lipinski definition) is 2. The van der Waals surface area contributed by atoms with Crippen LogP contribution < -0.4 is 5.32 Å². The van der Waals surface area contributed by atoms with Crippen LogP contribution >= 0.6 is 0 Å². The summed E-state index contributed by atoms with van der Waals surface area (Å²) in [6, 6.07) is 13.4. The van der Waals surface area contributed by atoms with E-state index >= 15 is 0 Å². The van der Waals surface area contributed by atoms with Gasteiger partial charge in [0.05, 0.1) is 16.4 Å². The number of rotatable bonds is 6. The fourth-order valence-corrected chi connectivity index (χ4v) is 4.47. The first-order chi connectivity index (χ1) is 14.5. The number of anilines is 1. The zero-order valence-electron chi connectivity index (χ0n) is 18.0. The van der Waals surface area contributed by atoms with Gasteiger partial charge in [0.2, 0.25) is 0 Å². The van der Waals surface area contributed by atoms with Crippen molar-refractivity contribution in [2.45, 2.75) is 45.6 Å². The number of aliphatic hydroxyl groups is 1. The third-order valence-corrected chi connectivity index (χ3v) is 5.80. The Bertz CT molecular complexity index is 1050. The number of nitrogens with zero attached hydrogens (tertiary/aromatic N) is 1. The first-order valence-electron chi connectivity index (χ1n) is 10.1. The van der Waals surface area contributed by atoms with E-state index in [-0.39, 0.29) is 23.7 Å². The Hall–Kier alpha value is -3.32. The Morgan fingerprint density at radius 1 is 1.10 bits per heavy atom. The summed E-state index contributed by atoms with van der Waals surface area (Å²) in [5, 5.41) is 25.6. The minimum absolute atomic E-state index is 0.0861. The minimum atomic E-state index is -1.41. The predicted octanol–water partition coefficient (Wildman–Crippen LogP) is 4.30. The number of Topliss-reactive ketones (excluding diaryl/α,β-unsaturated/α-hetero) is 2. The molecule has 2 aromatic carbocycles. The molecule has 3 rings (SSSR count). The van der Waals surface area contributed by atoms with Crippen molar-refractivity contribution in [3.05, 3.63) is 81.0 Å². The van der Waals surface area contributed by atoms with Gasteiger partial charge in [-0.1, -0.05) is 29.8 Å². The van der Waals surface area contributed by atoms with Gasteiger partial charge >= 0.3 is 0 Å². The molecule has 1 aliphatic carbocycles. The summed E-state index contributed by atoms with van der Waals surface area (Å²) >= 11 is 0. The van der Waals surface area contributed by atoms with Gasteiger partial charge in [0, 0.05) is 41.4 Å². The summed E-state index contributed by atoms with van der Waals surface area (Å²) in [6.45, 7) is 6.39. The molecule has 0 fully saturated rings. The number of nitro benzene ring substituents is 1. The van der Waals surface area contributed by atoms with E-state index in [9.17, 15) is 24.8 Å². The molecular weight excluding hydrogens is 396 g/mol. The molecule has 2 aromatic rings. The molecule has 0 radical (unpaired) electrons. The molecule has 7 heteroatoms. The average molecular weight is 422 g/mol. The van der Waals surface area contributed by atoms with E-state index in [2.05, 4.69) is 5.32 Å². The lowest BCUT2D eigenvalue weighted by Gasteiger charge is -2.43. The van der Waals surface area contributed by atoms with Gasteiger partial charge in [0.25, 0.3) is 5.69 Å². The van der Waals surface area contributed by atoms with Crippen LogP contribution in [0.5, 0.6) is 0 Å². The molecule has 0 amide bonds. The Morgan fingerprint density at radius 3 is 2.16 bits per heavy atom. The highest BCUT2D eigenvalue weighted by Crippen LogP contribution is 2.48. The Labute approximate surface area is 180 Å². The molecule has 0 heterocycles. The third kappa shape index (κ3) is 4.56. The lowest BCUT2D eigenvalue weighted by molar-refractivity contribution is -0.384. The quantitative estimate of drug-likeness (QED) is 0.530. The van der Waals surface area contributed by atoms with Crippen LogP contribution in [0.2, 0.25) is 0 Å². The lowest BCUT2D eigenvalue weighted by Crippen LogP contribution is -2.48. The maximum atomic E-state index is 12.8. The van der Waals surface area contributed by atoms with Gasteiger partial charge in [-0.05, 0) is 45.4 Å². The van der Waals surface area contributed by atoms with E-state index in [4.69, 9.17) is 0 Å². The minimum Gasteiger partial charge on any atom is -0.389 e. The van der Waals surface area contributed by atoms with Crippen LogP contribution in [0.15, 0.2) is 59.8 Å². The number of nitro groups is 1. The molecule has 2 N–H and O–H groups in total. The largest absolute Gasteiger partial charge is 0.389 e. The third-order valence-electron chi connectivity index (χ3n) is 5.80. The molecule has 0 spiro atoms. The average Bonchev–Trinajstić information content (AvgIpc) is 2.68. The van der Waals surface area contributed by atoms with Gasteiger partial charge in [-0.2, -0.15) is 0 Å². The van der Waals surface area contributed by atoms with Gasteiger partial charge in [0.15, 0.2) is 5.78 Å². The first kappa shape index (κ1) is 22.4. The summed E-state index contributed by atoms with van der Waals surface area (Å²) < 4.78 is 0. The Balaban J connectivity index is 2.19. The summed E-state index contributed by atoms with van der Waals surface area (Å²) in [7, 11) is 0. The molecular formula is C24H26N2O5. The summed E-state index contributed by atoms with van der Waals surface area (Å²) in [5.74, 6) is -2.06. The fourth-order valence-electron chi connectivity index (χ4n) is 4.47. The number of allylic oxidation sites excluding steroid dienone is 1. The van der Waals surface area contributed by atoms with E-state index in [1.54, 1.807) is 19.1 Å². The summed E-state index contributed by atoms with van der Waals surface area (Å²) in [4.78, 5) is 36.0. The second kappa shape index (κ2) is 8.43. The van der Waals surface area contributed by atoms with Crippen LogP contribution in [-0.2, 0) is 9.59 Å². The monoisotopic (exact) mass is 422 g/mol. The highest BCUT2D eigenvalue weighted by molar-refractivity contribution is 5.98. The van der Waals surface area contributed by atoms with Crippen molar-refractivity contribution in [1.29, 1.82) is 0 Å². The van der Waals surface area contributed by atoms with Crippen molar-refractivity contribution in [2.75, 3.05) is 5.32 Å². The van der Waals surface area contributed by atoms with Crippen LogP contribution in [-0.4, -0.2) is 27.2 Å². The van der Waals surface area contributed by atoms with Crippen molar-refractivity contribution in [3.8, 4) is 0 Å².